The number of aliphatic imine (C=N–C) groups is 1. The molecule has 0 atom stereocenters. The predicted octanol–water partition coefficient (Wildman–Crippen LogP) is 3.67. The second-order valence-electron chi connectivity index (χ2n) is 7.78. The summed E-state index contributed by atoms with van der Waals surface area (Å²) in [5, 5.41) is 6.41. The molecule has 0 aliphatic carbocycles. The van der Waals surface area contributed by atoms with Gasteiger partial charge in [-0.2, -0.15) is 0 Å². The normalized spacial score (nSPS) is 13.1. The number of halogens is 1. The highest BCUT2D eigenvalue weighted by Crippen LogP contribution is 2.26. The van der Waals surface area contributed by atoms with Crippen LogP contribution < -0.4 is 20.3 Å². The molecule has 0 fully saturated rings. The third-order valence-electron chi connectivity index (χ3n) is 5.34. The van der Waals surface area contributed by atoms with Gasteiger partial charge in [0, 0.05) is 31.5 Å². The van der Waals surface area contributed by atoms with Crippen molar-refractivity contribution in [3.63, 3.8) is 0 Å². The third-order valence-corrected chi connectivity index (χ3v) is 5.34. The quantitative estimate of drug-likeness (QED) is 0.210. The van der Waals surface area contributed by atoms with Crippen LogP contribution in [0.25, 0.3) is 0 Å². The van der Waals surface area contributed by atoms with Gasteiger partial charge in [0.15, 0.2) is 5.96 Å². The van der Waals surface area contributed by atoms with E-state index in [0.29, 0.717) is 32.3 Å². The van der Waals surface area contributed by atoms with Crippen LogP contribution in [0.4, 0.5) is 5.69 Å². The Morgan fingerprint density at radius 1 is 1.15 bits per heavy atom. The lowest BCUT2D eigenvalue weighted by Crippen LogP contribution is -2.46. The summed E-state index contributed by atoms with van der Waals surface area (Å²) in [5.74, 6) is 1.46. The number of methoxy groups -OCH3 is 1. The molecule has 1 heterocycles. The minimum absolute atomic E-state index is 0. The van der Waals surface area contributed by atoms with Crippen LogP contribution >= 0.6 is 24.0 Å². The van der Waals surface area contributed by atoms with Gasteiger partial charge in [0.05, 0.1) is 19.7 Å². The van der Waals surface area contributed by atoms with E-state index in [1.807, 2.05) is 55.1 Å². The molecule has 7 nitrogen and oxygen atoms in total. The van der Waals surface area contributed by atoms with E-state index in [-0.39, 0.29) is 36.4 Å². The first-order valence-corrected chi connectivity index (χ1v) is 11.2. The molecule has 1 amide bonds. The number of hydrogen-bond acceptors (Lipinski definition) is 4. The van der Waals surface area contributed by atoms with Crippen LogP contribution in [0, 0.1) is 6.92 Å². The van der Waals surface area contributed by atoms with Gasteiger partial charge in [-0.05, 0) is 49.9 Å². The summed E-state index contributed by atoms with van der Waals surface area (Å²) in [6.07, 6.45) is 2.00. The summed E-state index contributed by atoms with van der Waals surface area (Å²) in [6.45, 7) is 7.14. The zero-order valence-electron chi connectivity index (χ0n) is 19.7. The lowest BCUT2D eigenvalue weighted by molar-refractivity contribution is -0.117. The molecule has 0 aromatic heterocycles. The molecule has 2 aromatic rings. The van der Waals surface area contributed by atoms with Crippen molar-refractivity contribution in [2.24, 2.45) is 4.99 Å². The summed E-state index contributed by atoms with van der Waals surface area (Å²) in [4.78, 5) is 19.5. The Kier molecular flexibility index (Phi) is 11.5. The minimum atomic E-state index is 0. The molecule has 1 aliphatic rings. The molecule has 2 aromatic carbocycles. The standard InChI is InChI=1S/C25H34N4O3.HI/c1-4-26-25(27-17-21-12-11-19(2)16-23(21)32-15-14-31-3)28-18-24(30)29-13-7-9-20-8-5-6-10-22(20)29;/h5-6,8,10-12,16H,4,7,9,13-15,17-18H2,1-3H3,(H2,26,27,28);1H. The molecule has 8 heteroatoms. The van der Waals surface area contributed by atoms with E-state index in [4.69, 9.17) is 9.47 Å². The number of rotatable bonds is 9. The van der Waals surface area contributed by atoms with Crippen LogP contribution in [0.15, 0.2) is 47.5 Å². The maximum absolute atomic E-state index is 12.9. The second kappa shape index (κ2) is 14.0. The fraction of sp³-hybridized carbons (Fsp3) is 0.440. The van der Waals surface area contributed by atoms with Crippen molar-refractivity contribution in [2.75, 3.05) is 44.9 Å². The van der Waals surface area contributed by atoms with Gasteiger partial charge in [-0.1, -0.05) is 30.3 Å². The molecule has 0 saturated heterocycles. The Balaban J connectivity index is 0.00000385. The number of hydrogen-bond donors (Lipinski definition) is 2. The van der Waals surface area contributed by atoms with Gasteiger partial charge in [0.2, 0.25) is 5.91 Å². The SMILES string of the molecule is CCNC(=NCc1ccc(C)cc1OCCOC)NCC(=O)N1CCCc2ccccc21.I. The van der Waals surface area contributed by atoms with Crippen molar-refractivity contribution in [3.05, 3.63) is 59.2 Å². The Hall–Kier alpha value is -2.33. The molecule has 0 bridgehead atoms. The average Bonchev–Trinajstić information content (AvgIpc) is 2.81. The number of carbonyl (C=O) groups is 1. The van der Waals surface area contributed by atoms with Crippen molar-refractivity contribution >= 4 is 41.5 Å². The number of para-hydroxylation sites is 1. The van der Waals surface area contributed by atoms with Gasteiger partial charge < -0.3 is 25.0 Å². The number of fused-ring (bicyclic) bond motifs is 1. The fourth-order valence-corrected chi connectivity index (χ4v) is 3.72. The number of nitrogens with one attached hydrogen (secondary N) is 2. The van der Waals surface area contributed by atoms with Crippen molar-refractivity contribution < 1.29 is 14.3 Å². The fourth-order valence-electron chi connectivity index (χ4n) is 3.72. The van der Waals surface area contributed by atoms with E-state index in [9.17, 15) is 4.79 Å². The zero-order valence-corrected chi connectivity index (χ0v) is 22.1. The molecular weight excluding hydrogens is 531 g/mol. The molecule has 1 aliphatic heterocycles. The number of ether oxygens (including phenoxy) is 2. The molecule has 3 rings (SSSR count). The predicted molar refractivity (Wildman–Crippen MR) is 144 cm³/mol. The first kappa shape index (κ1) is 26.9. The van der Waals surface area contributed by atoms with Gasteiger partial charge in [-0.3, -0.25) is 4.79 Å². The topological polar surface area (TPSA) is 75.2 Å². The average molecular weight is 566 g/mol. The zero-order chi connectivity index (χ0) is 22.8. The Morgan fingerprint density at radius 2 is 1.97 bits per heavy atom. The number of aryl methyl sites for hydroxylation is 2. The minimum Gasteiger partial charge on any atom is -0.491 e. The van der Waals surface area contributed by atoms with Gasteiger partial charge in [0.1, 0.15) is 12.4 Å². The number of amides is 1. The van der Waals surface area contributed by atoms with E-state index in [0.717, 1.165) is 42.0 Å². The van der Waals surface area contributed by atoms with E-state index in [1.165, 1.54) is 5.56 Å². The van der Waals surface area contributed by atoms with Crippen LogP contribution in [0.1, 0.15) is 30.0 Å². The number of guanidine groups is 1. The van der Waals surface area contributed by atoms with Gasteiger partial charge in [-0.15, -0.1) is 24.0 Å². The molecule has 0 spiro atoms. The molecule has 0 unspecified atom stereocenters. The highest BCUT2D eigenvalue weighted by Gasteiger charge is 2.22. The Morgan fingerprint density at radius 3 is 2.76 bits per heavy atom. The van der Waals surface area contributed by atoms with Crippen LogP contribution in [-0.4, -0.2) is 51.8 Å². The lowest BCUT2D eigenvalue weighted by atomic mass is 10.0. The van der Waals surface area contributed by atoms with Crippen molar-refractivity contribution in [2.45, 2.75) is 33.2 Å². The summed E-state index contributed by atoms with van der Waals surface area (Å²) in [7, 11) is 1.66. The Bertz CT molecular complexity index is 936. The van der Waals surface area contributed by atoms with Gasteiger partial charge in [0.25, 0.3) is 0 Å². The van der Waals surface area contributed by atoms with Gasteiger partial charge >= 0.3 is 0 Å². The van der Waals surface area contributed by atoms with Crippen LogP contribution in [0.5, 0.6) is 5.75 Å². The summed E-state index contributed by atoms with van der Waals surface area (Å²) < 4.78 is 10.9. The van der Waals surface area contributed by atoms with E-state index in [2.05, 4.69) is 21.7 Å². The molecule has 0 saturated carbocycles. The van der Waals surface area contributed by atoms with E-state index < -0.39 is 0 Å². The van der Waals surface area contributed by atoms with E-state index in [1.54, 1.807) is 7.11 Å². The molecular formula is C25H35IN4O3. The van der Waals surface area contributed by atoms with Crippen molar-refractivity contribution in [3.8, 4) is 5.75 Å². The summed E-state index contributed by atoms with van der Waals surface area (Å²) in [5.41, 5.74) is 4.36. The van der Waals surface area contributed by atoms with Crippen molar-refractivity contribution in [1.29, 1.82) is 0 Å². The van der Waals surface area contributed by atoms with Gasteiger partial charge in [-0.25, -0.2) is 4.99 Å². The first-order valence-electron chi connectivity index (χ1n) is 11.2. The first-order chi connectivity index (χ1) is 15.6. The molecule has 180 valence electrons. The number of carbonyl (C=O) groups excluding carboxylic acids is 1. The smallest absolute Gasteiger partial charge is 0.246 e. The highest BCUT2D eigenvalue weighted by molar-refractivity contribution is 14.0. The molecule has 2 N–H and O–H groups in total. The maximum atomic E-state index is 12.9. The number of nitrogens with zero attached hydrogens (tertiary/aromatic N) is 2. The molecule has 33 heavy (non-hydrogen) atoms. The van der Waals surface area contributed by atoms with Crippen LogP contribution in [0.3, 0.4) is 0 Å². The monoisotopic (exact) mass is 566 g/mol. The second-order valence-corrected chi connectivity index (χ2v) is 7.78. The number of anilines is 1. The lowest BCUT2D eigenvalue weighted by Gasteiger charge is -2.29. The van der Waals surface area contributed by atoms with Crippen LogP contribution in [0.2, 0.25) is 0 Å². The maximum Gasteiger partial charge on any atom is 0.246 e. The summed E-state index contributed by atoms with van der Waals surface area (Å²) >= 11 is 0. The highest BCUT2D eigenvalue weighted by atomic mass is 127. The summed E-state index contributed by atoms with van der Waals surface area (Å²) in [6, 6.07) is 14.2. The van der Waals surface area contributed by atoms with Crippen molar-refractivity contribution in [1.82, 2.24) is 10.6 Å². The number of benzene rings is 2. The van der Waals surface area contributed by atoms with E-state index >= 15 is 0 Å². The van der Waals surface area contributed by atoms with Crippen LogP contribution in [-0.2, 0) is 22.5 Å². The largest absolute Gasteiger partial charge is 0.491 e. The Labute approximate surface area is 214 Å². The molecule has 0 radical (unpaired) electrons. The third kappa shape index (κ3) is 7.89.